The molecule has 0 bridgehead atoms. The fourth-order valence-electron chi connectivity index (χ4n) is 4.10. The van der Waals surface area contributed by atoms with E-state index in [1.807, 2.05) is 32.2 Å². The Morgan fingerprint density at radius 3 is 2.74 bits per heavy atom. The number of hydrogen-bond acceptors (Lipinski definition) is 8. The van der Waals surface area contributed by atoms with Gasteiger partial charge in [-0.3, -0.25) is 18.8 Å². The molecule has 35 heavy (non-hydrogen) atoms. The molecule has 0 aliphatic heterocycles. The van der Waals surface area contributed by atoms with Crippen LogP contribution in [-0.4, -0.2) is 35.5 Å². The third-order valence-electron chi connectivity index (χ3n) is 5.87. The van der Waals surface area contributed by atoms with E-state index in [2.05, 4.69) is 26.6 Å². The number of carbonyl (C=O) groups excluding carboxylic acids is 1. The average molecular weight is 473 g/mol. The highest BCUT2D eigenvalue weighted by Gasteiger charge is 2.31. The van der Waals surface area contributed by atoms with Crippen molar-refractivity contribution in [2.75, 3.05) is 5.32 Å². The number of nitrogens with zero attached hydrogens (tertiary/aromatic N) is 6. The molecule has 11 heteroatoms. The van der Waals surface area contributed by atoms with E-state index in [4.69, 9.17) is 4.52 Å². The molecule has 2 N–H and O–H groups in total. The maximum atomic E-state index is 12.9. The lowest BCUT2D eigenvalue weighted by molar-refractivity contribution is 0.101. The summed E-state index contributed by atoms with van der Waals surface area (Å²) in [6.07, 6.45) is 6.09. The van der Waals surface area contributed by atoms with Gasteiger partial charge in [-0.05, 0) is 24.1 Å². The monoisotopic (exact) mass is 473 g/mol. The van der Waals surface area contributed by atoms with Crippen molar-refractivity contribution in [1.82, 2.24) is 24.5 Å². The van der Waals surface area contributed by atoms with Gasteiger partial charge in [-0.25, -0.2) is 4.98 Å². The van der Waals surface area contributed by atoms with Gasteiger partial charge in [0.25, 0.3) is 11.5 Å². The number of aryl methyl sites for hydroxylation is 1. The Morgan fingerprint density at radius 2 is 2.09 bits per heavy atom. The molecule has 3 aromatic heterocycles. The topological polar surface area (TPSA) is 152 Å². The van der Waals surface area contributed by atoms with Crippen molar-refractivity contribution in [2.45, 2.75) is 32.2 Å². The van der Waals surface area contributed by atoms with Gasteiger partial charge in [0.05, 0.1) is 24.0 Å². The van der Waals surface area contributed by atoms with Gasteiger partial charge in [0.15, 0.2) is 5.69 Å². The van der Waals surface area contributed by atoms with Crippen LogP contribution in [0.25, 0.3) is 0 Å². The van der Waals surface area contributed by atoms with Crippen LogP contribution >= 0.6 is 0 Å². The van der Waals surface area contributed by atoms with Gasteiger partial charge in [-0.1, -0.05) is 30.3 Å². The van der Waals surface area contributed by atoms with Gasteiger partial charge in [-0.2, -0.15) is 10.4 Å². The van der Waals surface area contributed by atoms with Crippen molar-refractivity contribution in [3.63, 3.8) is 0 Å². The summed E-state index contributed by atoms with van der Waals surface area (Å²) in [6, 6.07) is 9.41. The van der Waals surface area contributed by atoms with Crippen LogP contribution in [0.1, 0.15) is 58.7 Å². The number of rotatable bonds is 7. The predicted octanol–water partition coefficient (Wildman–Crippen LogP) is 2.75. The first-order chi connectivity index (χ1) is 16.8. The lowest BCUT2D eigenvalue weighted by atomic mass is 9.80. The molecule has 1 amide bonds. The molecule has 0 radical (unpaired) electrons. The van der Waals surface area contributed by atoms with E-state index < -0.39 is 34.7 Å². The SMILES string of the molecule is CCn1cc([C@@H](c2ccccc2C#N)[C@H](C)c2nc(C(=O)Nc3cnoc3)c(O)c(=O)n2C)cn1. The first-order valence-corrected chi connectivity index (χ1v) is 10.9. The Balaban J connectivity index is 1.85. The zero-order valence-corrected chi connectivity index (χ0v) is 19.3. The highest BCUT2D eigenvalue weighted by atomic mass is 16.5. The Bertz CT molecular complexity index is 1460. The van der Waals surface area contributed by atoms with E-state index in [-0.39, 0.29) is 11.5 Å². The second-order valence-electron chi connectivity index (χ2n) is 7.99. The number of benzene rings is 1. The fourth-order valence-corrected chi connectivity index (χ4v) is 4.10. The molecular weight excluding hydrogens is 450 g/mol. The quantitative estimate of drug-likeness (QED) is 0.416. The summed E-state index contributed by atoms with van der Waals surface area (Å²) >= 11 is 0. The second-order valence-corrected chi connectivity index (χ2v) is 7.99. The summed E-state index contributed by atoms with van der Waals surface area (Å²) in [7, 11) is 1.48. The molecule has 3 heterocycles. The van der Waals surface area contributed by atoms with Crippen LogP contribution in [-0.2, 0) is 13.6 Å². The third-order valence-corrected chi connectivity index (χ3v) is 5.87. The van der Waals surface area contributed by atoms with E-state index in [0.29, 0.717) is 12.1 Å². The molecule has 178 valence electrons. The van der Waals surface area contributed by atoms with E-state index in [9.17, 15) is 20.0 Å². The van der Waals surface area contributed by atoms with Crippen LogP contribution in [0.3, 0.4) is 0 Å². The van der Waals surface area contributed by atoms with Crippen LogP contribution in [0.4, 0.5) is 5.69 Å². The second kappa shape index (κ2) is 9.64. The molecule has 4 rings (SSSR count). The van der Waals surface area contributed by atoms with E-state index in [1.165, 1.54) is 24.1 Å². The molecule has 0 unspecified atom stereocenters. The van der Waals surface area contributed by atoms with Crippen molar-refractivity contribution in [1.29, 1.82) is 5.26 Å². The molecular formula is C24H23N7O4. The summed E-state index contributed by atoms with van der Waals surface area (Å²) in [6.45, 7) is 4.47. The van der Waals surface area contributed by atoms with Gasteiger partial charge >= 0.3 is 0 Å². The van der Waals surface area contributed by atoms with Gasteiger partial charge < -0.3 is 14.9 Å². The van der Waals surface area contributed by atoms with Crippen LogP contribution in [0, 0.1) is 11.3 Å². The fraction of sp³-hybridized carbons (Fsp3) is 0.250. The molecule has 0 aliphatic rings. The van der Waals surface area contributed by atoms with Gasteiger partial charge in [0.1, 0.15) is 17.8 Å². The minimum Gasteiger partial charge on any atom is -0.501 e. The number of hydrogen-bond donors (Lipinski definition) is 2. The number of aromatic hydroxyl groups is 1. The van der Waals surface area contributed by atoms with Crippen molar-refractivity contribution < 1.29 is 14.4 Å². The van der Waals surface area contributed by atoms with Crippen LogP contribution in [0.5, 0.6) is 5.75 Å². The lowest BCUT2D eigenvalue weighted by Crippen LogP contribution is -2.29. The number of carbonyl (C=O) groups is 1. The van der Waals surface area contributed by atoms with Crippen LogP contribution in [0.2, 0.25) is 0 Å². The Morgan fingerprint density at radius 1 is 1.31 bits per heavy atom. The summed E-state index contributed by atoms with van der Waals surface area (Å²) < 4.78 is 7.68. The van der Waals surface area contributed by atoms with Crippen molar-refractivity contribution in [3.05, 3.63) is 87.7 Å². The van der Waals surface area contributed by atoms with E-state index in [1.54, 1.807) is 23.0 Å². The number of nitrogens with one attached hydrogen (secondary N) is 1. The zero-order chi connectivity index (χ0) is 25.1. The van der Waals surface area contributed by atoms with Crippen molar-refractivity contribution in [3.8, 4) is 11.8 Å². The minimum absolute atomic E-state index is 0.249. The maximum Gasteiger partial charge on any atom is 0.296 e. The molecule has 0 aliphatic carbocycles. The molecule has 0 fully saturated rings. The molecule has 0 spiro atoms. The lowest BCUT2D eigenvalue weighted by Gasteiger charge is -2.26. The predicted molar refractivity (Wildman–Crippen MR) is 125 cm³/mol. The molecule has 11 nitrogen and oxygen atoms in total. The average Bonchev–Trinajstić information content (AvgIpc) is 3.55. The van der Waals surface area contributed by atoms with Crippen LogP contribution < -0.4 is 10.9 Å². The highest BCUT2D eigenvalue weighted by Crippen LogP contribution is 2.39. The number of aromatic nitrogens is 5. The van der Waals surface area contributed by atoms with Crippen molar-refractivity contribution in [2.24, 2.45) is 7.05 Å². The number of anilines is 1. The first-order valence-electron chi connectivity index (χ1n) is 10.9. The summed E-state index contributed by atoms with van der Waals surface area (Å²) in [5.41, 5.74) is 1.08. The van der Waals surface area contributed by atoms with E-state index in [0.717, 1.165) is 11.1 Å². The maximum absolute atomic E-state index is 12.9. The van der Waals surface area contributed by atoms with Crippen molar-refractivity contribution >= 4 is 11.6 Å². The Kier molecular flexibility index (Phi) is 6.46. The van der Waals surface area contributed by atoms with Gasteiger partial charge in [0.2, 0.25) is 5.75 Å². The van der Waals surface area contributed by atoms with E-state index >= 15 is 0 Å². The molecule has 0 saturated carbocycles. The summed E-state index contributed by atoms with van der Waals surface area (Å²) in [5.74, 6) is -2.21. The molecule has 4 aromatic rings. The molecule has 1 aromatic carbocycles. The Hall–Kier alpha value is -4.72. The van der Waals surface area contributed by atoms with Gasteiger partial charge in [-0.15, -0.1) is 0 Å². The zero-order valence-electron chi connectivity index (χ0n) is 19.3. The normalized spacial score (nSPS) is 12.6. The summed E-state index contributed by atoms with van der Waals surface area (Å²) in [5, 5.41) is 30.6. The minimum atomic E-state index is -0.787. The highest BCUT2D eigenvalue weighted by molar-refractivity contribution is 6.04. The Labute approximate surface area is 200 Å². The standard InChI is InChI=1S/C24H23N7O4/c1-4-31-12-16(10-26-31)19(18-8-6-5-7-15(18)9-25)14(2)22-29-20(21(32)24(34)30(22)3)23(33)28-17-11-27-35-13-17/h5-8,10-14,19,32H,4H2,1-3H3,(H,28,33)/t14-,19-/m0/s1. The first kappa shape index (κ1) is 23.4. The largest absolute Gasteiger partial charge is 0.501 e. The number of nitriles is 1. The van der Waals surface area contributed by atoms with Gasteiger partial charge in [0, 0.05) is 31.6 Å². The number of amides is 1. The molecule has 0 saturated heterocycles. The summed E-state index contributed by atoms with van der Waals surface area (Å²) in [4.78, 5) is 30.1. The van der Waals surface area contributed by atoms with Crippen LogP contribution in [0.15, 0.2) is 58.4 Å². The molecule has 2 atom stereocenters. The third kappa shape index (κ3) is 4.41. The smallest absolute Gasteiger partial charge is 0.296 e.